The van der Waals surface area contributed by atoms with Gasteiger partial charge in [-0.05, 0) is 36.8 Å². The zero-order chi connectivity index (χ0) is 21.0. The number of methoxy groups -OCH3 is 2. The van der Waals surface area contributed by atoms with Crippen LogP contribution in [0.4, 0.5) is 5.69 Å². The zero-order valence-electron chi connectivity index (χ0n) is 16.1. The van der Waals surface area contributed by atoms with Crippen LogP contribution in [0, 0.1) is 6.92 Å². The van der Waals surface area contributed by atoms with Crippen molar-refractivity contribution in [1.82, 2.24) is 14.9 Å². The van der Waals surface area contributed by atoms with Crippen molar-refractivity contribution in [1.29, 1.82) is 0 Å². The minimum atomic E-state index is -0.207. The number of aromatic nitrogens is 3. The minimum Gasteiger partial charge on any atom is -0.497 e. The molecule has 152 valence electrons. The second kappa shape index (κ2) is 9.06. The molecule has 0 aliphatic carbocycles. The van der Waals surface area contributed by atoms with Gasteiger partial charge in [-0.25, -0.2) is 4.68 Å². The number of ether oxygens (including phenoxy) is 2. The Hall–Kier alpha value is -2.91. The number of nitrogens with one attached hydrogen (secondary N) is 1. The molecule has 2 aromatic carbocycles. The Morgan fingerprint density at radius 2 is 2.00 bits per heavy atom. The predicted octanol–water partition coefficient (Wildman–Crippen LogP) is 3.37. The lowest BCUT2D eigenvalue weighted by Gasteiger charge is -2.10. The number of amides is 1. The third-order valence-electron chi connectivity index (χ3n) is 4.10. The van der Waals surface area contributed by atoms with E-state index in [9.17, 15) is 4.79 Å². The maximum absolute atomic E-state index is 12.2. The highest BCUT2D eigenvalue weighted by atomic mass is 35.5. The van der Waals surface area contributed by atoms with E-state index in [4.69, 9.17) is 26.9 Å². The summed E-state index contributed by atoms with van der Waals surface area (Å²) >= 11 is 7.26. The average Bonchev–Trinajstić information content (AvgIpc) is 3.08. The molecule has 29 heavy (non-hydrogen) atoms. The van der Waals surface area contributed by atoms with E-state index in [2.05, 4.69) is 15.5 Å². The smallest absolute Gasteiger partial charge is 0.234 e. The van der Waals surface area contributed by atoms with Crippen LogP contribution >= 0.6 is 23.4 Å². The van der Waals surface area contributed by atoms with Gasteiger partial charge in [0, 0.05) is 16.8 Å². The Balaban J connectivity index is 1.70. The molecule has 1 heterocycles. The third-order valence-corrected chi connectivity index (χ3v) is 5.45. The van der Waals surface area contributed by atoms with E-state index in [0.717, 1.165) is 5.56 Å². The van der Waals surface area contributed by atoms with Crippen molar-refractivity contribution in [2.45, 2.75) is 12.1 Å². The number of thioether (sulfide) groups is 1. The summed E-state index contributed by atoms with van der Waals surface area (Å²) in [6.45, 7) is 1.90. The van der Waals surface area contributed by atoms with Gasteiger partial charge in [-0.15, -0.1) is 10.2 Å². The molecule has 0 unspecified atom stereocenters. The zero-order valence-corrected chi connectivity index (χ0v) is 17.7. The largest absolute Gasteiger partial charge is 0.497 e. The maximum atomic E-state index is 12.2. The first-order chi connectivity index (χ1) is 13.9. The minimum absolute atomic E-state index is 0.112. The van der Waals surface area contributed by atoms with Crippen LogP contribution in [0.5, 0.6) is 11.5 Å². The highest BCUT2D eigenvalue weighted by Crippen LogP contribution is 2.33. The van der Waals surface area contributed by atoms with Crippen LogP contribution < -0.4 is 20.6 Å². The molecule has 0 radical (unpaired) electrons. The number of hydrogen-bond acceptors (Lipinski definition) is 7. The van der Waals surface area contributed by atoms with Gasteiger partial charge in [0.25, 0.3) is 0 Å². The molecule has 0 aliphatic rings. The first-order valence-corrected chi connectivity index (χ1v) is 9.91. The molecule has 0 spiro atoms. The van der Waals surface area contributed by atoms with Gasteiger partial charge in [-0.3, -0.25) is 4.79 Å². The lowest BCUT2D eigenvalue weighted by atomic mass is 10.2. The van der Waals surface area contributed by atoms with Crippen LogP contribution in [-0.2, 0) is 4.79 Å². The van der Waals surface area contributed by atoms with Gasteiger partial charge in [-0.2, -0.15) is 0 Å². The number of nitrogens with zero attached hydrogens (tertiary/aromatic N) is 3. The lowest BCUT2D eigenvalue weighted by molar-refractivity contribution is -0.113. The molecule has 3 N–H and O–H groups in total. The molecular weight excluding hydrogens is 414 g/mol. The van der Waals surface area contributed by atoms with Gasteiger partial charge in [0.15, 0.2) is 5.82 Å². The van der Waals surface area contributed by atoms with Crippen LogP contribution in [0.1, 0.15) is 5.56 Å². The quantitative estimate of drug-likeness (QED) is 0.434. The number of benzene rings is 2. The van der Waals surface area contributed by atoms with Crippen LogP contribution in [0.2, 0.25) is 5.02 Å². The monoisotopic (exact) mass is 433 g/mol. The molecule has 0 bridgehead atoms. The number of rotatable bonds is 7. The second-order valence-electron chi connectivity index (χ2n) is 6.04. The van der Waals surface area contributed by atoms with Gasteiger partial charge in [-0.1, -0.05) is 29.4 Å². The summed E-state index contributed by atoms with van der Waals surface area (Å²) in [4.78, 5) is 12.2. The number of carbonyl (C=O) groups is 1. The van der Waals surface area contributed by atoms with Crippen molar-refractivity contribution in [3.63, 3.8) is 0 Å². The molecule has 1 amide bonds. The Morgan fingerprint density at radius 3 is 2.69 bits per heavy atom. The number of anilines is 1. The van der Waals surface area contributed by atoms with E-state index >= 15 is 0 Å². The van der Waals surface area contributed by atoms with Crippen molar-refractivity contribution >= 4 is 35.0 Å². The lowest BCUT2D eigenvalue weighted by Crippen LogP contribution is -2.16. The van der Waals surface area contributed by atoms with E-state index in [1.54, 1.807) is 44.6 Å². The first-order valence-electron chi connectivity index (χ1n) is 8.54. The van der Waals surface area contributed by atoms with Gasteiger partial charge < -0.3 is 20.6 Å². The van der Waals surface area contributed by atoms with Crippen molar-refractivity contribution in [3.05, 3.63) is 47.0 Å². The molecule has 10 heteroatoms. The van der Waals surface area contributed by atoms with Crippen molar-refractivity contribution in [2.75, 3.05) is 31.1 Å². The van der Waals surface area contributed by atoms with E-state index in [0.29, 0.717) is 38.8 Å². The van der Waals surface area contributed by atoms with Crippen molar-refractivity contribution in [3.8, 4) is 22.9 Å². The third kappa shape index (κ3) is 4.75. The van der Waals surface area contributed by atoms with Gasteiger partial charge in [0.1, 0.15) is 11.5 Å². The summed E-state index contributed by atoms with van der Waals surface area (Å²) in [5.41, 5.74) is 2.23. The number of carbonyl (C=O) groups excluding carboxylic acids is 1. The molecule has 3 aromatic rings. The van der Waals surface area contributed by atoms with E-state index in [1.165, 1.54) is 16.4 Å². The van der Waals surface area contributed by atoms with Gasteiger partial charge in [0.05, 0.1) is 25.5 Å². The standard InChI is InChI=1S/C19H20ClN5O3S/c1-11-4-5-12(8-15(11)20)22-17(26)10-29-19-24-23-18(25(19)21)14-7-6-13(27-2)9-16(14)28-3/h4-9H,10,21H2,1-3H3,(H,22,26). The normalized spacial score (nSPS) is 10.6. The summed E-state index contributed by atoms with van der Waals surface area (Å²) < 4.78 is 11.9. The number of hydrogen-bond donors (Lipinski definition) is 2. The van der Waals surface area contributed by atoms with E-state index in [1.807, 2.05) is 13.0 Å². The van der Waals surface area contributed by atoms with E-state index < -0.39 is 0 Å². The first kappa shape index (κ1) is 20.8. The predicted molar refractivity (Wildman–Crippen MR) is 114 cm³/mol. The molecule has 0 atom stereocenters. The maximum Gasteiger partial charge on any atom is 0.234 e. The summed E-state index contributed by atoms with van der Waals surface area (Å²) in [7, 11) is 3.12. The fourth-order valence-electron chi connectivity index (χ4n) is 2.54. The molecule has 0 saturated carbocycles. The molecule has 1 aromatic heterocycles. The molecular formula is C19H20ClN5O3S. The van der Waals surface area contributed by atoms with Crippen LogP contribution in [0.15, 0.2) is 41.6 Å². The topological polar surface area (TPSA) is 104 Å². The Bertz CT molecular complexity index is 1040. The Morgan fingerprint density at radius 1 is 1.21 bits per heavy atom. The molecule has 0 aliphatic heterocycles. The fraction of sp³-hybridized carbons (Fsp3) is 0.211. The van der Waals surface area contributed by atoms with Crippen molar-refractivity contribution < 1.29 is 14.3 Å². The number of halogens is 1. The summed E-state index contributed by atoms with van der Waals surface area (Å²) in [5, 5.41) is 12.0. The molecule has 0 saturated heterocycles. The SMILES string of the molecule is COc1ccc(-c2nnc(SCC(=O)Nc3ccc(C)c(Cl)c3)n2N)c(OC)c1. The number of aryl methyl sites for hydroxylation is 1. The Labute approximate surface area is 177 Å². The average molecular weight is 434 g/mol. The number of nitrogens with two attached hydrogens (primary N) is 1. The van der Waals surface area contributed by atoms with Gasteiger partial charge >= 0.3 is 0 Å². The van der Waals surface area contributed by atoms with Crippen molar-refractivity contribution in [2.24, 2.45) is 0 Å². The Kier molecular flexibility index (Phi) is 6.50. The molecule has 3 rings (SSSR count). The summed E-state index contributed by atoms with van der Waals surface area (Å²) in [6, 6.07) is 10.6. The summed E-state index contributed by atoms with van der Waals surface area (Å²) in [6.07, 6.45) is 0. The number of nitrogen functional groups attached to an aromatic ring is 1. The molecule has 8 nitrogen and oxygen atoms in total. The van der Waals surface area contributed by atoms with Crippen LogP contribution in [0.25, 0.3) is 11.4 Å². The highest BCUT2D eigenvalue weighted by molar-refractivity contribution is 7.99. The van der Waals surface area contributed by atoms with Gasteiger partial charge in [0.2, 0.25) is 11.1 Å². The fourth-order valence-corrected chi connectivity index (χ4v) is 3.38. The van der Waals surface area contributed by atoms with Crippen LogP contribution in [-0.4, -0.2) is 40.8 Å². The molecule has 0 fully saturated rings. The highest BCUT2D eigenvalue weighted by Gasteiger charge is 2.17. The second-order valence-corrected chi connectivity index (χ2v) is 7.39. The van der Waals surface area contributed by atoms with E-state index in [-0.39, 0.29) is 11.7 Å². The van der Waals surface area contributed by atoms with Crippen LogP contribution in [0.3, 0.4) is 0 Å². The summed E-state index contributed by atoms with van der Waals surface area (Å²) in [5.74, 6) is 7.66.